The molecule has 2 aromatic rings. The number of amides is 3. The van der Waals surface area contributed by atoms with Gasteiger partial charge in [0.25, 0.3) is 0 Å². The number of carboxylic acids is 2. The maximum atomic E-state index is 13.4. The number of nitrogens with two attached hydrogens (primary N) is 3. The number of unbranched alkanes of at least 4 members (excludes halogenated alkanes) is 2. The van der Waals surface area contributed by atoms with E-state index in [4.69, 9.17) is 22.3 Å². The minimum atomic E-state index is -1.71. The lowest BCUT2D eigenvalue weighted by atomic mass is 10.0. The second-order valence-corrected chi connectivity index (χ2v) is 9.86. The Labute approximate surface area is 237 Å². The van der Waals surface area contributed by atoms with Gasteiger partial charge in [0.15, 0.2) is 0 Å². The predicted molar refractivity (Wildman–Crippen MR) is 151 cm³/mol. The van der Waals surface area contributed by atoms with E-state index < -0.39 is 60.2 Å². The van der Waals surface area contributed by atoms with E-state index in [-0.39, 0.29) is 12.8 Å². The van der Waals surface area contributed by atoms with Crippen molar-refractivity contribution in [3.8, 4) is 0 Å². The van der Waals surface area contributed by atoms with E-state index in [0.29, 0.717) is 50.8 Å². The van der Waals surface area contributed by atoms with Crippen LogP contribution in [0, 0.1) is 0 Å². The van der Waals surface area contributed by atoms with Crippen LogP contribution in [-0.4, -0.2) is 82.1 Å². The molecule has 14 heteroatoms. The van der Waals surface area contributed by atoms with Gasteiger partial charge in [-0.25, -0.2) is 4.79 Å². The Morgan fingerprint density at radius 1 is 0.780 bits per heavy atom. The highest BCUT2D eigenvalue weighted by Crippen LogP contribution is 2.19. The van der Waals surface area contributed by atoms with Crippen LogP contribution < -0.4 is 33.2 Å². The van der Waals surface area contributed by atoms with E-state index in [1.54, 1.807) is 12.3 Å². The van der Waals surface area contributed by atoms with Crippen LogP contribution in [0.1, 0.15) is 50.5 Å². The van der Waals surface area contributed by atoms with Crippen LogP contribution in [0.25, 0.3) is 10.9 Å². The first-order chi connectivity index (χ1) is 19.6. The van der Waals surface area contributed by atoms with E-state index in [9.17, 15) is 29.1 Å². The van der Waals surface area contributed by atoms with Gasteiger partial charge in [0.05, 0.1) is 12.5 Å². The normalized spacial score (nSPS) is 14.0. The molecule has 0 radical (unpaired) electrons. The third kappa shape index (κ3) is 10.8. The first-order valence-corrected chi connectivity index (χ1v) is 13.6. The van der Waals surface area contributed by atoms with Crippen LogP contribution in [0.3, 0.4) is 0 Å². The highest BCUT2D eigenvalue weighted by Gasteiger charge is 2.31. The zero-order valence-electron chi connectivity index (χ0n) is 22.9. The Hall–Kier alpha value is -4.01. The fourth-order valence-corrected chi connectivity index (χ4v) is 4.33. The second-order valence-electron chi connectivity index (χ2n) is 9.86. The number of aromatic nitrogens is 1. The molecule has 1 heterocycles. The molecule has 0 spiro atoms. The van der Waals surface area contributed by atoms with Gasteiger partial charge in [-0.05, 0) is 56.8 Å². The first-order valence-electron chi connectivity index (χ1n) is 13.6. The molecule has 0 bridgehead atoms. The molecule has 14 nitrogen and oxygen atoms in total. The molecule has 0 saturated carbocycles. The number of carbonyl (C=O) groups is 5. The lowest BCUT2D eigenvalue weighted by molar-refractivity contribution is -0.147. The summed E-state index contributed by atoms with van der Waals surface area (Å²) in [7, 11) is 0. The minimum absolute atomic E-state index is 0.0386. The molecule has 4 atom stereocenters. The summed E-state index contributed by atoms with van der Waals surface area (Å²) in [6, 6.07) is 2.39. The van der Waals surface area contributed by atoms with Crippen molar-refractivity contribution < 1.29 is 34.2 Å². The lowest BCUT2D eigenvalue weighted by Crippen LogP contribution is -2.57. The van der Waals surface area contributed by atoms with E-state index in [1.165, 1.54) is 0 Å². The van der Waals surface area contributed by atoms with Crippen LogP contribution >= 0.6 is 0 Å². The van der Waals surface area contributed by atoms with Gasteiger partial charge < -0.3 is 48.3 Å². The maximum absolute atomic E-state index is 13.4. The highest BCUT2D eigenvalue weighted by molar-refractivity contribution is 5.95. The van der Waals surface area contributed by atoms with Crippen molar-refractivity contribution >= 4 is 40.6 Å². The molecule has 0 aliphatic heterocycles. The molecular formula is C27H41N7O7. The number of rotatable bonds is 19. The summed E-state index contributed by atoms with van der Waals surface area (Å²) >= 11 is 0. The van der Waals surface area contributed by atoms with Crippen molar-refractivity contribution in [2.75, 3.05) is 13.1 Å². The van der Waals surface area contributed by atoms with Gasteiger partial charge in [-0.2, -0.15) is 0 Å². The van der Waals surface area contributed by atoms with Crippen LogP contribution in [0.5, 0.6) is 0 Å². The second kappa shape index (κ2) is 16.9. The van der Waals surface area contributed by atoms with Gasteiger partial charge in [0.2, 0.25) is 17.7 Å². The van der Waals surface area contributed by atoms with Crippen LogP contribution in [0.15, 0.2) is 30.5 Å². The monoisotopic (exact) mass is 575 g/mol. The molecule has 1 aromatic heterocycles. The largest absolute Gasteiger partial charge is 0.481 e. The summed E-state index contributed by atoms with van der Waals surface area (Å²) in [5.41, 5.74) is 18.5. The fraction of sp³-hybridized carbons (Fsp3) is 0.519. The molecule has 41 heavy (non-hydrogen) atoms. The molecular weight excluding hydrogens is 534 g/mol. The topological polar surface area (TPSA) is 256 Å². The Bertz CT molecular complexity index is 1190. The zero-order valence-corrected chi connectivity index (χ0v) is 22.9. The molecule has 0 aliphatic rings. The first kappa shape index (κ1) is 33.2. The van der Waals surface area contributed by atoms with Crippen LogP contribution in [0.2, 0.25) is 0 Å². The van der Waals surface area contributed by atoms with Gasteiger partial charge in [-0.3, -0.25) is 19.2 Å². The minimum Gasteiger partial charge on any atom is -0.481 e. The molecule has 0 aliphatic carbocycles. The molecule has 0 saturated heterocycles. The molecule has 12 N–H and O–H groups in total. The number of aliphatic carboxylic acids is 2. The average molecular weight is 576 g/mol. The van der Waals surface area contributed by atoms with Gasteiger partial charge in [-0.15, -0.1) is 0 Å². The number of carboxylic acid groups (broad SMARTS) is 2. The van der Waals surface area contributed by atoms with Crippen LogP contribution in [-0.2, 0) is 30.4 Å². The number of aromatic amines is 1. The maximum Gasteiger partial charge on any atom is 0.326 e. The van der Waals surface area contributed by atoms with E-state index in [1.807, 2.05) is 18.2 Å². The number of H-pyrrole nitrogens is 1. The summed E-state index contributed by atoms with van der Waals surface area (Å²) in [5, 5.41) is 26.8. The zero-order chi connectivity index (χ0) is 30.4. The van der Waals surface area contributed by atoms with Gasteiger partial charge >= 0.3 is 11.9 Å². The number of carbonyl (C=O) groups excluding carboxylic acids is 3. The standard InChI is InChI=1S/C27H41N7O7/c28-11-5-3-8-18(30)24(37)32-20(10-4-6-12-29)25(38)33-21(26(39)34-22(27(40)41)14-23(35)36)13-16-15-31-19-9-2-1-7-17(16)19/h1-2,7,9,15,18,20-22,31H,3-6,8,10-14,28-30H2,(H,32,37)(H,33,38)(H,34,39)(H,35,36)(H,40,41). The summed E-state index contributed by atoms with van der Waals surface area (Å²) in [5.74, 6) is -5.04. The summed E-state index contributed by atoms with van der Waals surface area (Å²) in [4.78, 5) is 65.3. The van der Waals surface area contributed by atoms with Crippen molar-refractivity contribution in [3.05, 3.63) is 36.0 Å². The number of para-hydroxylation sites is 1. The fourth-order valence-electron chi connectivity index (χ4n) is 4.33. The Balaban J connectivity index is 2.29. The third-order valence-corrected chi connectivity index (χ3v) is 6.61. The average Bonchev–Trinajstić information content (AvgIpc) is 3.34. The molecule has 0 fully saturated rings. The van der Waals surface area contributed by atoms with E-state index in [2.05, 4.69) is 20.9 Å². The molecule has 4 unspecified atom stereocenters. The van der Waals surface area contributed by atoms with Gasteiger partial charge in [0.1, 0.15) is 18.1 Å². The quantitative estimate of drug-likeness (QED) is 0.0952. The lowest BCUT2D eigenvalue weighted by Gasteiger charge is -2.25. The molecule has 1 aromatic carbocycles. The number of hydrogen-bond donors (Lipinski definition) is 9. The number of benzene rings is 1. The molecule has 3 amide bonds. The Morgan fingerprint density at radius 3 is 2.00 bits per heavy atom. The van der Waals surface area contributed by atoms with Crippen LogP contribution in [0.4, 0.5) is 0 Å². The van der Waals surface area contributed by atoms with Gasteiger partial charge in [0, 0.05) is 23.5 Å². The number of hydrogen-bond acceptors (Lipinski definition) is 8. The van der Waals surface area contributed by atoms with E-state index >= 15 is 0 Å². The number of nitrogens with one attached hydrogen (secondary N) is 4. The number of fused-ring (bicyclic) bond motifs is 1. The SMILES string of the molecule is NCCCCC(N)C(=O)NC(CCCCN)C(=O)NC(Cc1c[nH]c2ccccc12)C(=O)NC(CC(=O)O)C(=O)O. The molecule has 2 rings (SSSR count). The summed E-state index contributed by atoms with van der Waals surface area (Å²) in [6.07, 6.45) is 3.83. The van der Waals surface area contributed by atoms with Crippen molar-refractivity contribution in [1.29, 1.82) is 0 Å². The predicted octanol–water partition coefficient (Wildman–Crippen LogP) is -0.691. The smallest absolute Gasteiger partial charge is 0.326 e. The Morgan fingerprint density at radius 2 is 1.37 bits per heavy atom. The van der Waals surface area contributed by atoms with Crippen molar-refractivity contribution in [2.24, 2.45) is 17.2 Å². The highest BCUT2D eigenvalue weighted by atomic mass is 16.4. The third-order valence-electron chi connectivity index (χ3n) is 6.61. The van der Waals surface area contributed by atoms with Gasteiger partial charge in [-0.1, -0.05) is 24.6 Å². The van der Waals surface area contributed by atoms with Crippen molar-refractivity contribution in [3.63, 3.8) is 0 Å². The van der Waals surface area contributed by atoms with E-state index in [0.717, 1.165) is 10.9 Å². The summed E-state index contributed by atoms with van der Waals surface area (Å²) < 4.78 is 0. The summed E-state index contributed by atoms with van der Waals surface area (Å²) in [6.45, 7) is 0.847. The van der Waals surface area contributed by atoms with Crippen molar-refractivity contribution in [2.45, 2.75) is 75.5 Å². The molecule has 226 valence electrons. The van der Waals surface area contributed by atoms with Crippen molar-refractivity contribution in [1.82, 2.24) is 20.9 Å². The Kier molecular flexibility index (Phi) is 13.7.